The van der Waals surface area contributed by atoms with E-state index in [0.717, 1.165) is 8.93 Å². The fraction of sp³-hybridized carbons (Fsp3) is 0.400. The molecule has 0 fully saturated rings. The van der Waals surface area contributed by atoms with E-state index in [1.165, 1.54) is 6.07 Å². The van der Waals surface area contributed by atoms with Gasteiger partial charge in [0.05, 0.1) is 4.90 Å². The Balaban J connectivity index is 3.35. The molecule has 0 aliphatic heterocycles. The predicted octanol–water partition coefficient (Wildman–Crippen LogP) is 4.48. The molecule has 0 spiro atoms. The molecule has 0 atom stereocenters. The summed E-state index contributed by atoms with van der Waals surface area (Å²) in [7, 11) is -4.56. The highest BCUT2D eigenvalue weighted by molar-refractivity contribution is 14.2. The first-order chi connectivity index (χ1) is 8.60. The van der Waals surface area contributed by atoms with Crippen LogP contribution in [0.1, 0.15) is 25.3 Å². The molecule has 3 nitrogen and oxygen atoms in total. The average molecular weight is 426 g/mol. The van der Waals surface area contributed by atoms with Crippen LogP contribution in [0.15, 0.2) is 23.1 Å². The van der Waals surface area contributed by atoms with Gasteiger partial charge in [-0.1, -0.05) is 26.0 Å². The first-order valence-electron chi connectivity index (χ1n) is 5.02. The minimum absolute atomic E-state index is 0.165. The first-order valence-corrected chi connectivity index (χ1v) is 9.79. The third-order valence-electron chi connectivity index (χ3n) is 2.19. The van der Waals surface area contributed by atoms with Crippen molar-refractivity contribution in [2.75, 3.05) is 0 Å². The Kier molecular flexibility index (Phi) is 5.41. The van der Waals surface area contributed by atoms with E-state index in [2.05, 4.69) is 4.18 Å². The lowest BCUT2D eigenvalue weighted by molar-refractivity contribution is -0.0501. The normalized spacial score (nSPS) is 12.8. The van der Waals surface area contributed by atoms with Crippen LogP contribution in [-0.4, -0.2) is 13.9 Å². The summed E-state index contributed by atoms with van der Waals surface area (Å²) >= 11 is 1.85. The van der Waals surface area contributed by atoms with E-state index in [1.54, 1.807) is 26.0 Å². The molecule has 1 aromatic rings. The Labute approximate surface area is 125 Å². The molecule has 1 rings (SSSR count). The van der Waals surface area contributed by atoms with Gasteiger partial charge in [0.2, 0.25) is 0 Å². The van der Waals surface area contributed by atoms with E-state index in [1.807, 2.05) is 21.2 Å². The number of hydrogen-bond donors (Lipinski definition) is 0. The molecule has 19 heavy (non-hydrogen) atoms. The van der Waals surface area contributed by atoms with Crippen LogP contribution in [0, 0.1) is 0 Å². The van der Waals surface area contributed by atoms with Gasteiger partial charge in [0, 0.05) is 21.2 Å². The highest BCUT2D eigenvalue weighted by atomic mass is 127. The van der Waals surface area contributed by atoms with E-state index in [0.29, 0.717) is 10.5 Å². The predicted molar refractivity (Wildman–Crippen MR) is 76.0 cm³/mol. The van der Waals surface area contributed by atoms with Gasteiger partial charge in [0.1, 0.15) is 0 Å². The summed E-state index contributed by atoms with van der Waals surface area (Å²) in [6.07, 6.45) is 0. The maximum atomic E-state index is 12.4. The van der Waals surface area contributed by atoms with Gasteiger partial charge < -0.3 is 4.18 Å². The quantitative estimate of drug-likeness (QED) is 0.405. The van der Waals surface area contributed by atoms with Crippen molar-refractivity contribution in [1.82, 2.24) is 0 Å². The van der Waals surface area contributed by atoms with Gasteiger partial charge in [-0.15, -0.1) is 0 Å². The van der Waals surface area contributed by atoms with Crippen LogP contribution in [0.2, 0.25) is 0 Å². The second-order valence-electron chi connectivity index (χ2n) is 3.89. The molecule has 0 aliphatic rings. The van der Waals surface area contributed by atoms with Crippen molar-refractivity contribution in [2.24, 2.45) is 0 Å². The van der Waals surface area contributed by atoms with Gasteiger partial charge in [-0.05, 0) is 26.5 Å². The van der Waals surface area contributed by atoms with Gasteiger partial charge in [-0.3, -0.25) is 0 Å². The number of benzene rings is 1. The van der Waals surface area contributed by atoms with Crippen LogP contribution in [-0.2, 0) is 10.1 Å². The van der Waals surface area contributed by atoms with Crippen molar-refractivity contribution < 1.29 is 25.8 Å². The van der Waals surface area contributed by atoms with Crippen molar-refractivity contribution >= 4 is 40.3 Å². The molecule has 0 saturated heterocycles. The minimum Gasteiger partial charge on any atom is -0.374 e. The average Bonchev–Trinajstić information content (AvgIpc) is 2.26. The van der Waals surface area contributed by atoms with Gasteiger partial charge in [-0.25, -0.2) is 0 Å². The second kappa shape index (κ2) is 6.08. The highest BCUT2D eigenvalue weighted by Gasteiger charge is 2.49. The largest absolute Gasteiger partial charge is 0.534 e. The third kappa shape index (κ3) is 3.91. The van der Waals surface area contributed by atoms with E-state index in [9.17, 15) is 21.6 Å². The molecule has 0 saturated carbocycles. The topological polar surface area (TPSA) is 43.4 Å². The number of rotatable bonds is 4. The van der Waals surface area contributed by atoms with Crippen LogP contribution in [0.3, 0.4) is 0 Å². The Hall–Kier alpha value is -0.160. The first kappa shape index (κ1) is 16.9. The number of para-hydroxylation sites is 1. The van der Waals surface area contributed by atoms with Gasteiger partial charge in [0.15, 0.2) is 5.75 Å². The van der Waals surface area contributed by atoms with Gasteiger partial charge in [0.25, 0.3) is 0 Å². The molecule has 0 aromatic heterocycles. The van der Waals surface area contributed by atoms with Gasteiger partial charge >= 0.3 is 15.6 Å². The van der Waals surface area contributed by atoms with Crippen molar-refractivity contribution in [3.8, 4) is 5.75 Å². The van der Waals surface area contributed by atoms with Crippen LogP contribution < -0.4 is 4.18 Å². The summed E-state index contributed by atoms with van der Waals surface area (Å²) in [5.41, 5.74) is -5.03. The monoisotopic (exact) mass is 426 g/mol. The van der Waals surface area contributed by atoms with Crippen molar-refractivity contribution in [1.29, 1.82) is 0 Å². The zero-order chi connectivity index (χ0) is 14.8. The van der Waals surface area contributed by atoms with Crippen LogP contribution in [0.5, 0.6) is 5.75 Å². The smallest absolute Gasteiger partial charge is 0.374 e. The minimum atomic E-state index is -5.66. The molecule has 0 radical (unpaired) electrons. The maximum absolute atomic E-state index is 12.4. The zero-order valence-electron chi connectivity index (χ0n) is 9.86. The van der Waals surface area contributed by atoms with E-state index >= 15 is 0 Å². The Morgan fingerprint density at radius 2 is 1.89 bits per heavy atom. The third-order valence-corrected chi connectivity index (χ3v) is 5.06. The molecule has 0 amide bonds. The lowest BCUT2D eigenvalue weighted by Gasteiger charge is -2.17. The van der Waals surface area contributed by atoms with Crippen LogP contribution in [0.25, 0.3) is 0 Å². The molecule has 0 bridgehead atoms. The molecular weight excluding hydrogens is 416 g/mol. The fourth-order valence-electron chi connectivity index (χ4n) is 1.29. The van der Waals surface area contributed by atoms with Crippen LogP contribution >= 0.6 is 30.1 Å². The standard InChI is InChI=1S/C10H10F3IO3S2/c1-6(2)7-4-3-5-8(18-14)9(7)17-19(15,16)10(11,12)13/h3-6H,1-2H3. The van der Waals surface area contributed by atoms with Crippen LogP contribution in [0.4, 0.5) is 13.2 Å². The van der Waals surface area contributed by atoms with Crippen molar-refractivity contribution in [2.45, 2.75) is 30.2 Å². The molecule has 0 heterocycles. The Bertz CT molecular complexity index is 556. The summed E-state index contributed by atoms with van der Waals surface area (Å²) < 4.78 is 63.6. The summed E-state index contributed by atoms with van der Waals surface area (Å²) in [6.45, 7) is 3.48. The SMILES string of the molecule is CC(C)c1cccc(SI)c1OS(=O)(=O)C(F)(F)F. The summed E-state index contributed by atoms with van der Waals surface area (Å²) in [6, 6.07) is 4.69. The highest BCUT2D eigenvalue weighted by Crippen LogP contribution is 2.41. The van der Waals surface area contributed by atoms with E-state index < -0.39 is 15.6 Å². The Morgan fingerprint density at radius 3 is 2.32 bits per heavy atom. The van der Waals surface area contributed by atoms with Crippen molar-refractivity contribution in [3.63, 3.8) is 0 Å². The van der Waals surface area contributed by atoms with Gasteiger partial charge in [-0.2, -0.15) is 21.6 Å². The molecule has 0 unspecified atom stereocenters. The zero-order valence-corrected chi connectivity index (χ0v) is 13.7. The molecule has 0 aliphatic carbocycles. The number of alkyl halides is 3. The number of halogens is 4. The summed E-state index contributed by atoms with van der Waals surface area (Å²) in [5, 5.41) is 0. The summed E-state index contributed by atoms with van der Waals surface area (Å²) in [4.78, 5) is 0.333. The second-order valence-corrected chi connectivity index (χ2v) is 7.34. The Morgan fingerprint density at radius 1 is 1.32 bits per heavy atom. The van der Waals surface area contributed by atoms with E-state index in [4.69, 9.17) is 0 Å². The van der Waals surface area contributed by atoms with E-state index in [-0.39, 0.29) is 11.7 Å². The fourth-order valence-corrected chi connectivity index (χ4v) is 3.25. The lowest BCUT2D eigenvalue weighted by Crippen LogP contribution is -2.28. The maximum Gasteiger partial charge on any atom is 0.534 e. The molecular formula is C10H10F3IO3S2. The number of hydrogen-bond acceptors (Lipinski definition) is 4. The van der Waals surface area contributed by atoms with Crippen molar-refractivity contribution in [3.05, 3.63) is 23.8 Å². The molecule has 108 valence electrons. The molecule has 1 aromatic carbocycles. The molecule has 9 heteroatoms. The molecule has 0 N–H and O–H groups in total. The summed E-state index contributed by atoms with van der Waals surface area (Å²) in [5.74, 6) is -0.420. The lowest BCUT2D eigenvalue weighted by atomic mass is 10.0.